The van der Waals surface area contributed by atoms with Crippen molar-refractivity contribution >= 4 is 33.5 Å². The van der Waals surface area contributed by atoms with Gasteiger partial charge in [0.05, 0.1) is 23.1 Å². The van der Waals surface area contributed by atoms with E-state index in [-0.39, 0.29) is 0 Å². The molecule has 4 heterocycles. The summed E-state index contributed by atoms with van der Waals surface area (Å²) in [7, 11) is 0. The molecule has 0 fully saturated rings. The molecule has 9 heteroatoms. The van der Waals surface area contributed by atoms with E-state index in [1.54, 1.807) is 49.0 Å². The first-order valence-electron chi connectivity index (χ1n) is 7.18. The fraction of sp³-hybridized carbons (Fsp3) is 0. The van der Waals surface area contributed by atoms with Crippen molar-refractivity contribution in [3.05, 3.63) is 59.7 Å². The number of ether oxygens (including phenoxy) is 1. The molecular weight excluding hydrogens is 390 g/mol. The molecule has 0 saturated carbocycles. The fourth-order valence-electron chi connectivity index (χ4n) is 2.22. The van der Waals surface area contributed by atoms with Crippen molar-refractivity contribution < 1.29 is 13.9 Å². The van der Waals surface area contributed by atoms with E-state index in [1.807, 2.05) is 0 Å². The van der Waals surface area contributed by atoms with Gasteiger partial charge >= 0.3 is 6.09 Å². The van der Waals surface area contributed by atoms with Crippen molar-refractivity contribution in [2.75, 3.05) is 5.32 Å². The molecule has 0 saturated heterocycles. The predicted molar refractivity (Wildman–Crippen MR) is 92.3 cm³/mol. The zero-order chi connectivity index (χ0) is 17.2. The van der Waals surface area contributed by atoms with Gasteiger partial charge < -0.3 is 9.15 Å². The molecule has 1 amide bonds. The number of pyridine rings is 1. The molecule has 0 spiro atoms. The third kappa shape index (κ3) is 3.09. The standard InChI is InChI=1S/C16H10BrN5O3/c17-11-9-19-22-14(21-16(23)25-10-3-1-5-18-8-10)7-12(20-15(11)22)13-4-2-6-24-13/h1-9H,(H,21,23). The molecule has 4 rings (SSSR count). The monoisotopic (exact) mass is 399 g/mol. The van der Waals surface area contributed by atoms with Gasteiger partial charge in [0.1, 0.15) is 11.5 Å². The number of furan rings is 1. The van der Waals surface area contributed by atoms with Gasteiger partial charge in [-0.15, -0.1) is 0 Å². The molecule has 0 atom stereocenters. The van der Waals surface area contributed by atoms with Crippen molar-refractivity contribution in [1.29, 1.82) is 0 Å². The molecular formula is C16H10BrN5O3. The lowest BCUT2D eigenvalue weighted by Gasteiger charge is -2.09. The van der Waals surface area contributed by atoms with Crippen LogP contribution in [0.2, 0.25) is 0 Å². The van der Waals surface area contributed by atoms with Gasteiger partial charge in [-0.1, -0.05) is 0 Å². The Kier molecular flexibility index (Phi) is 3.90. The molecule has 0 unspecified atom stereocenters. The van der Waals surface area contributed by atoms with E-state index in [0.717, 1.165) is 0 Å². The van der Waals surface area contributed by atoms with Crippen molar-refractivity contribution in [2.45, 2.75) is 0 Å². The topological polar surface area (TPSA) is 94.6 Å². The van der Waals surface area contributed by atoms with Gasteiger partial charge in [0.25, 0.3) is 0 Å². The number of carbonyl (C=O) groups excluding carboxylic acids is 1. The SMILES string of the molecule is O=C(Nc1cc(-c2ccco2)nc2c(Br)cnn12)Oc1cccnc1. The van der Waals surface area contributed by atoms with Gasteiger partial charge in [-0.2, -0.15) is 9.61 Å². The smallest absolute Gasteiger partial charge is 0.418 e. The van der Waals surface area contributed by atoms with E-state index in [0.29, 0.717) is 33.1 Å². The molecule has 25 heavy (non-hydrogen) atoms. The van der Waals surface area contributed by atoms with Crippen LogP contribution in [0.3, 0.4) is 0 Å². The number of hydrogen-bond acceptors (Lipinski definition) is 6. The van der Waals surface area contributed by atoms with Crippen LogP contribution in [-0.2, 0) is 0 Å². The number of hydrogen-bond donors (Lipinski definition) is 1. The van der Waals surface area contributed by atoms with Crippen molar-refractivity contribution in [3.63, 3.8) is 0 Å². The van der Waals surface area contributed by atoms with Crippen LogP contribution in [0, 0.1) is 0 Å². The second-order valence-corrected chi connectivity index (χ2v) is 5.79. The highest BCUT2D eigenvalue weighted by molar-refractivity contribution is 9.10. The van der Waals surface area contributed by atoms with Crippen molar-refractivity contribution in [2.24, 2.45) is 0 Å². The van der Waals surface area contributed by atoms with Crippen LogP contribution >= 0.6 is 15.9 Å². The Hall–Kier alpha value is -3.20. The molecule has 0 aliphatic rings. The molecule has 0 bridgehead atoms. The van der Waals surface area contributed by atoms with Crippen LogP contribution in [0.25, 0.3) is 17.1 Å². The van der Waals surface area contributed by atoms with Crippen molar-refractivity contribution in [3.8, 4) is 17.2 Å². The molecule has 0 aliphatic carbocycles. The minimum atomic E-state index is -0.669. The Morgan fingerprint density at radius 3 is 2.96 bits per heavy atom. The average Bonchev–Trinajstić information content (AvgIpc) is 3.26. The first-order valence-corrected chi connectivity index (χ1v) is 7.97. The number of halogens is 1. The number of amides is 1. The summed E-state index contributed by atoms with van der Waals surface area (Å²) in [5.41, 5.74) is 1.08. The van der Waals surface area contributed by atoms with Crippen LogP contribution in [-0.4, -0.2) is 25.7 Å². The first kappa shape index (κ1) is 15.3. The third-order valence-corrected chi connectivity index (χ3v) is 3.84. The Balaban J connectivity index is 1.69. The Morgan fingerprint density at radius 1 is 1.28 bits per heavy atom. The number of anilines is 1. The van der Waals surface area contributed by atoms with Gasteiger partial charge in [-0.25, -0.2) is 9.78 Å². The molecule has 4 aromatic rings. The number of carbonyl (C=O) groups is 1. The average molecular weight is 400 g/mol. The molecule has 0 radical (unpaired) electrons. The molecule has 0 aromatic carbocycles. The van der Waals surface area contributed by atoms with E-state index in [4.69, 9.17) is 9.15 Å². The quantitative estimate of drug-likeness (QED) is 0.563. The zero-order valence-electron chi connectivity index (χ0n) is 12.6. The molecule has 4 aromatic heterocycles. The summed E-state index contributed by atoms with van der Waals surface area (Å²) in [4.78, 5) is 20.6. The lowest BCUT2D eigenvalue weighted by Crippen LogP contribution is -2.19. The number of fused-ring (bicyclic) bond motifs is 1. The van der Waals surface area contributed by atoms with Crippen LogP contribution in [0.4, 0.5) is 10.6 Å². The minimum Gasteiger partial charge on any atom is -0.463 e. The maximum atomic E-state index is 12.2. The molecule has 0 aliphatic heterocycles. The van der Waals surface area contributed by atoms with Crippen LogP contribution in [0.5, 0.6) is 5.75 Å². The second kappa shape index (κ2) is 6.36. The zero-order valence-corrected chi connectivity index (χ0v) is 14.2. The van der Waals surface area contributed by atoms with E-state index in [9.17, 15) is 4.79 Å². The van der Waals surface area contributed by atoms with Gasteiger partial charge in [0.2, 0.25) is 0 Å². The number of rotatable bonds is 3. The summed E-state index contributed by atoms with van der Waals surface area (Å²) < 4.78 is 12.7. The molecule has 1 N–H and O–H groups in total. The first-order chi connectivity index (χ1) is 12.2. The summed E-state index contributed by atoms with van der Waals surface area (Å²) in [6, 6.07) is 8.49. The Morgan fingerprint density at radius 2 is 2.20 bits per heavy atom. The summed E-state index contributed by atoms with van der Waals surface area (Å²) >= 11 is 3.39. The lowest BCUT2D eigenvalue weighted by atomic mass is 10.3. The van der Waals surface area contributed by atoms with Gasteiger partial charge in [-0.05, 0) is 40.2 Å². The van der Waals surface area contributed by atoms with Crippen molar-refractivity contribution in [1.82, 2.24) is 19.6 Å². The van der Waals surface area contributed by atoms with E-state index >= 15 is 0 Å². The predicted octanol–water partition coefficient (Wildman–Crippen LogP) is 3.76. The lowest BCUT2D eigenvalue weighted by molar-refractivity contribution is 0.215. The van der Waals surface area contributed by atoms with Crippen LogP contribution in [0.1, 0.15) is 0 Å². The Bertz CT molecular complexity index is 1030. The molecule has 8 nitrogen and oxygen atoms in total. The highest BCUT2D eigenvalue weighted by Gasteiger charge is 2.15. The summed E-state index contributed by atoms with van der Waals surface area (Å²) in [6.45, 7) is 0. The highest BCUT2D eigenvalue weighted by Crippen LogP contribution is 2.26. The highest BCUT2D eigenvalue weighted by atomic mass is 79.9. The van der Waals surface area contributed by atoms with Crippen LogP contribution < -0.4 is 10.1 Å². The Labute approximate surface area is 149 Å². The maximum absolute atomic E-state index is 12.2. The maximum Gasteiger partial charge on any atom is 0.418 e. The number of nitrogens with one attached hydrogen (secondary N) is 1. The minimum absolute atomic E-state index is 0.332. The number of nitrogens with zero attached hydrogens (tertiary/aromatic N) is 4. The van der Waals surface area contributed by atoms with E-state index in [1.165, 1.54) is 10.7 Å². The van der Waals surface area contributed by atoms with Gasteiger partial charge in [0.15, 0.2) is 17.2 Å². The summed E-state index contributed by atoms with van der Waals surface area (Å²) in [5, 5.41) is 6.85. The second-order valence-electron chi connectivity index (χ2n) is 4.94. The molecule has 124 valence electrons. The number of aromatic nitrogens is 4. The van der Waals surface area contributed by atoms with Gasteiger partial charge in [0, 0.05) is 12.3 Å². The normalized spacial score (nSPS) is 10.8. The van der Waals surface area contributed by atoms with E-state index < -0.39 is 6.09 Å². The fourth-order valence-corrected chi connectivity index (χ4v) is 2.57. The van der Waals surface area contributed by atoms with Gasteiger partial charge in [-0.3, -0.25) is 10.3 Å². The third-order valence-electron chi connectivity index (χ3n) is 3.28. The largest absolute Gasteiger partial charge is 0.463 e. The van der Waals surface area contributed by atoms with E-state index in [2.05, 4.69) is 36.3 Å². The summed E-state index contributed by atoms with van der Waals surface area (Å²) in [5.74, 6) is 1.29. The summed E-state index contributed by atoms with van der Waals surface area (Å²) in [6.07, 6.45) is 5.51. The van der Waals surface area contributed by atoms with Crippen LogP contribution in [0.15, 0.2) is 64.1 Å².